The van der Waals surface area contributed by atoms with Gasteiger partial charge in [0.05, 0.1) is 11.7 Å². The first-order chi connectivity index (χ1) is 8.58. The Balaban J connectivity index is 0.00000180. The van der Waals surface area contributed by atoms with Gasteiger partial charge in [-0.2, -0.15) is 0 Å². The zero-order valence-electron chi connectivity index (χ0n) is 10.6. The van der Waals surface area contributed by atoms with Gasteiger partial charge in [-0.1, -0.05) is 6.07 Å². The summed E-state index contributed by atoms with van der Waals surface area (Å²) in [7, 11) is 0. The van der Waals surface area contributed by atoms with Gasteiger partial charge in [0.25, 0.3) is 0 Å². The average Bonchev–Trinajstić information content (AvgIpc) is 2.85. The van der Waals surface area contributed by atoms with Crippen LogP contribution in [0.25, 0.3) is 5.69 Å². The lowest BCUT2D eigenvalue weighted by molar-refractivity contribution is -0.117. The van der Waals surface area contributed by atoms with Crippen LogP contribution in [0.2, 0.25) is 0 Å². The Kier molecular flexibility index (Phi) is 4.96. The topological polar surface area (TPSA) is 98.7 Å². The van der Waals surface area contributed by atoms with Gasteiger partial charge < -0.3 is 11.1 Å². The molecule has 1 aromatic heterocycles. The number of amides is 1. The first kappa shape index (κ1) is 15.1. The molecule has 8 heteroatoms. The van der Waals surface area contributed by atoms with Crippen LogP contribution < -0.4 is 11.1 Å². The fourth-order valence-electron chi connectivity index (χ4n) is 1.46. The first-order valence-electron chi connectivity index (χ1n) is 5.48. The van der Waals surface area contributed by atoms with Crippen molar-refractivity contribution in [3.63, 3.8) is 0 Å². The highest BCUT2D eigenvalue weighted by molar-refractivity contribution is 5.94. The lowest BCUT2D eigenvalue weighted by atomic mass is 10.1. The van der Waals surface area contributed by atoms with Crippen LogP contribution in [0.15, 0.2) is 24.5 Å². The molecule has 3 N–H and O–H groups in total. The van der Waals surface area contributed by atoms with Crippen molar-refractivity contribution < 1.29 is 4.79 Å². The molecule has 1 aromatic carbocycles. The van der Waals surface area contributed by atoms with E-state index in [-0.39, 0.29) is 18.3 Å². The Labute approximate surface area is 116 Å². The zero-order valence-corrected chi connectivity index (χ0v) is 11.4. The van der Waals surface area contributed by atoms with Crippen LogP contribution in [0.5, 0.6) is 0 Å². The molecule has 0 aliphatic heterocycles. The Morgan fingerprint density at radius 2 is 2.21 bits per heavy atom. The Bertz CT molecular complexity index is 554. The highest BCUT2D eigenvalue weighted by Crippen LogP contribution is 2.18. The van der Waals surface area contributed by atoms with Crippen LogP contribution >= 0.6 is 12.4 Å². The molecule has 0 aliphatic carbocycles. The van der Waals surface area contributed by atoms with Gasteiger partial charge in [0.2, 0.25) is 5.91 Å². The summed E-state index contributed by atoms with van der Waals surface area (Å²) in [6, 6.07) is 4.94. The predicted molar refractivity (Wildman–Crippen MR) is 73.4 cm³/mol. The third kappa shape index (κ3) is 3.49. The predicted octanol–water partition coefficient (Wildman–Crippen LogP) is 0.678. The van der Waals surface area contributed by atoms with Crippen molar-refractivity contribution in [3.8, 4) is 5.69 Å². The van der Waals surface area contributed by atoms with Crippen molar-refractivity contribution in [1.82, 2.24) is 20.2 Å². The number of aryl methyl sites for hydroxylation is 1. The van der Waals surface area contributed by atoms with Crippen LogP contribution in [0.3, 0.4) is 0 Å². The minimum Gasteiger partial charge on any atom is -0.325 e. The van der Waals surface area contributed by atoms with Gasteiger partial charge in [-0.05, 0) is 42.0 Å². The minimum atomic E-state index is -0.553. The minimum absolute atomic E-state index is 0. The molecule has 1 amide bonds. The molecular formula is C11H15ClN6O. The van der Waals surface area contributed by atoms with Crippen LogP contribution in [-0.2, 0) is 4.79 Å². The highest BCUT2D eigenvalue weighted by Gasteiger charge is 2.09. The number of hydrogen-bond donors (Lipinski definition) is 2. The first-order valence-corrected chi connectivity index (χ1v) is 5.48. The number of rotatable bonds is 3. The van der Waals surface area contributed by atoms with Gasteiger partial charge in [0.15, 0.2) is 0 Å². The summed E-state index contributed by atoms with van der Waals surface area (Å²) in [5.74, 6) is -0.235. The molecule has 0 aliphatic rings. The molecule has 0 fully saturated rings. The molecule has 0 saturated carbocycles. The van der Waals surface area contributed by atoms with Gasteiger partial charge in [-0.25, -0.2) is 4.68 Å². The van der Waals surface area contributed by atoms with E-state index < -0.39 is 6.04 Å². The van der Waals surface area contributed by atoms with E-state index in [9.17, 15) is 4.79 Å². The van der Waals surface area contributed by atoms with Gasteiger partial charge in [0, 0.05) is 5.69 Å². The summed E-state index contributed by atoms with van der Waals surface area (Å²) in [6.07, 6.45) is 1.50. The summed E-state index contributed by atoms with van der Waals surface area (Å²) < 4.78 is 1.54. The molecule has 1 atom stereocenters. The number of nitrogens with zero attached hydrogens (tertiary/aromatic N) is 4. The largest absolute Gasteiger partial charge is 0.325 e. The number of nitrogens with one attached hydrogen (secondary N) is 1. The summed E-state index contributed by atoms with van der Waals surface area (Å²) >= 11 is 0. The summed E-state index contributed by atoms with van der Waals surface area (Å²) in [5.41, 5.74) is 7.97. The molecule has 19 heavy (non-hydrogen) atoms. The normalized spacial score (nSPS) is 11.5. The lowest BCUT2D eigenvalue weighted by Crippen LogP contribution is -2.32. The number of anilines is 1. The number of carbonyl (C=O) groups is 1. The van der Waals surface area contributed by atoms with Gasteiger partial charge in [0.1, 0.15) is 6.33 Å². The van der Waals surface area contributed by atoms with Crippen molar-refractivity contribution >= 4 is 24.0 Å². The molecule has 0 radical (unpaired) electrons. The van der Waals surface area contributed by atoms with Crippen molar-refractivity contribution in [3.05, 3.63) is 30.1 Å². The van der Waals surface area contributed by atoms with Crippen LogP contribution in [0, 0.1) is 6.92 Å². The maximum atomic E-state index is 11.5. The second-order valence-corrected chi connectivity index (χ2v) is 4.03. The maximum absolute atomic E-state index is 11.5. The highest BCUT2D eigenvalue weighted by atomic mass is 35.5. The number of hydrogen-bond acceptors (Lipinski definition) is 5. The van der Waals surface area contributed by atoms with E-state index in [0.29, 0.717) is 5.69 Å². The van der Waals surface area contributed by atoms with E-state index in [1.165, 1.54) is 11.0 Å². The number of benzene rings is 1. The fraction of sp³-hybridized carbons (Fsp3) is 0.273. The monoisotopic (exact) mass is 282 g/mol. The Morgan fingerprint density at radius 1 is 1.47 bits per heavy atom. The second-order valence-electron chi connectivity index (χ2n) is 4.03. The molecule has 1 heterocycles. The smallest absolute Gasteiger partial charge is 0.240 e. The molecule has 2 rings (SSSR count). The van der Waals surface area contributed by atoms with E-state index in [4.69, 9.17) is 5.73 Å². The summed E-state index contributed by atoms with van der Waals surface area (Å²) in [5, 5.41) is 13.7. The van der Waals surface area contributed by atoms with E-state index in [1.54, 1.807) is 13.0 Å². The zero-order chi connectivity index (χ0) is 13.1. The molecule has 7 nitrogen and oxygen atoms in total. The molecule has 0 unspecified atom stereocenters. The SMILES string of the molecule is Cc1ccc(NC(=O)[C@H](C)N)cc1-n1cnnn1.Cl. The van der Waals surface area contributed by atoms with E-state index >= 15 is 0 Å². The van der Waals surface area contributed by atoms with Crippen molar-refractivity contribution in [2.45, 2.75) is 19.9 Å². The number of aromatic nitrogens is 4. The van der Waals surface area contributed by atoms with Crippen LogP contribution in [0.1, 0.15) is 12.5 Å². The lowest BCUT2D eigenvalue weighted by Gasteiger charge is -2.10. The molecule has 0 spiro atoms. The van der Waals surface area contributed by atoms with Crippen LogP contribution in [0.4, 0.5) is 5.69 Å². The average molecular weight is 283 g/mol. The number of nitrogens with two attached hydrogens (primary N) is 1. The molecular weight excluding hydrogens is 268 g/mol. The third-order valence-corrected chi connectivity index (χ3v) is 2.49. The third-order valence-electron chi connectivity index (χ3n) is 2.49. The second kappa shape index (κ2) is 6.26. The van der Waals surface area contributed by atoms with Gasteiger partial charge >= 0.3 is 0 Å². The molecule has 0 saturated heterocycles. The molecule has 102 valence electrons. The number of tetrazole rings is 1. The van der Waals surface area contributed by atoms with Crippen molar-refractivity contribution in [2.24, 2.45) is 5.73 Å². The van der Waals surface area contributed by atoms with E-state index in [2.05, 4.69) is 20.8 Å². The van der Waals surface area contributed by atoms with Crippen molar-refractivity contribution in [2.75, 3.05) is 5.32 Å². The standard InChI is InChI=1S/C11H14N6O.ClH/c1-7-3-4-9(14-11(18)8(2)12)5-10(7)17-6-13-15-16-17;/h3-6,8H,12H2,1-2H3,(H,14,18);1H/t8-;/m0./s1. The van der Waals surface area contributed by atoms with Crippen molar-refractivity contribution in [1.29, 1.82) is 0 Å². The van der Waals surface area contributed by atoms with E-state index in [0.717, 1.165) is 11.3 Å². The Morgan fingerprint density at radius 3 is 2.79 bits per heavy atom. The number of carbonyl (C=O) groups excluding carboxylic acids is 1. The molecule has 0 bridgehead atoms. The fourth-order valence-corrected chi connectivity index (χ4v) is 1.46. The quantitative estimate of drug-likeness (QED) is 0.862. The van der Waals surface area contributed by atoms with E-state index in [1.807, 2.05) is 19.1 Å². The summed E-state index contributed by atoms with van der Waals surface area (Å²) in [6.45, 7) is 3.57. The van der Waals surface area contributed by atoms with Crippen LogP contribution in [-0.4, -0.2) is 32.2 Å². The Hall–Kier alpha value is -1.99. The number of halogens is 1. The van der Waals surface area contributed by atoms with Gasteiger partial charge in [-0.3, -0.25) is 4.79 Å². The van der Waals surface area contributed by atoms with Gasteiger partial charge in [-0.15, -0.1) is 17.5 Å². The maximum Gasteiger partial charge on any atom is 0.240 e. The summed E-state index contributed by atoms with van der Waals surface area (Å²) in [4.78, 5) is 11.5. The molecule has 2 aromatic rings.